The molecule has 0 aliphatic heterocycles. The molecule has 110 valence electrons. The standard InChI is InChI=1S/C12H18N4O2S2/c1-13-10-11(16-7-8-19-12(16)14-10)20(17,18)15-9-5-3-2-4-6-9/h7-9,13,15H,2-6H2,1H3. The van der Waals surface area contributed by atoms with E-state index in [-0.39, 0.29) is 11.1 Å². The topological polar surface area (TPSA) is 75.5 Å². The number of anilines is 1. The normalized spacial score (nSPS) is 17.6. The molecule has 6 nitrogen and oxygen atoms in total. The molecule has 0 aromatic carbocycles. The number of nitrogens with zero attached hydrogens (tertiary/aromatic N) is 2. The van der Waals surface area contributed by atoms with Crippen LogP contribution in [0, 0.1) is 0 Å². The molecule has 0 bridgehead atoms. The van der Waals surface area contributed by atoms with Gasteiger partial charge in [0.15, 0.2) is 15.8 Å². The van der Waals surface area contributed by atoms with Crippen molar-refractivity contribution in [2.75, 3.05) is 12.4 Å². The van der Waals surface area contributed by atoms with Crippen molar-refractivity contribution in [3.63, 3.8) is 0 Å². The molecule has 0 amide bonds. The van der Waals surface area contributed by atoms with Gasteiger partial charge in [0.05, 0.1) is 0 Å². The lowest BCUT2D eigenvalue weighted by Gasteiger charge is -2.22. The van der Waals surface area contributed by atoms with Crippen LogP contribution < -0.4 is 10.0 Å². The largest absolute Gasteiger partial charge is 0.371 e. The van der Waals surface area contributed by atoms with Crippen LogP contribution in [0.15, 0.2) is 16.6 Å². The minimum absolute atomic E-state index is 0.0441. The Morgan fingerprint density at radius 2 is 2.10 bits per heavy atom. The van der Waals surface area contributed by atoms with Gasteiger partial charge in [0.2, 0.25) is 0 Å². The van der Waals surface area contributed by atoms with Gasteiger partial charge in [0, 0.05) is 24.7 Å². The van der Waals surface area contributed by atoms with E-state index in [4.69, 9.17) is 0 Å². The lowest BCUT2D eigenvalue weighted by atomic mass is 9.96. The minimum Gasteiger partial charge on any atom is -0.371 e. The highest BCUT2D eigenvalue weighted by atomic mass is 32.2. The fourth-order valence-corrected chi connectivity index (χ4v) is 5.05. The Balaban J connectivity index is 1.97. The Bertz CT molecular complexity index is 698. The Hall–Kier alpha value is -1.12. The maximum Gasteiger partial charge on any atom is 0.260 e. The van der Waals surface area contributed by atoms with Crippen LogP contribution in [0.2, 0.25) is 0 Å². The number of aromatic nitrogens is 2. The highest BCUT2D eigenvalue weighted by Gasteiger charge is 2.28. The van der Waals surface area contributed by atoms with Crippen LogP contribution in [0.1, 0.15) is 32.1 Å². The van der Waals surface area contributed by atoms with E-state index in [9.17, 15) is 8.42 Å². The summed E-state index contributed by atoms with van der Waals surface area (Å²) in [7, 11) is -1.87. The molecule has 1 aliphatic carbocycles. The number of nitrogens with one attached hydrogen (secondary N) is 2. The minimum atomic E-state index is -3.56. The lowest BCUT2D eigenvalue weighted by molar-refractivity contribution is 0.411. The van der Waals surface area contributed by atoms with Gasteiger partial charge in [-0.25, -0.2) is 18.1 Å². The number of imidazole rings is 1. The number of thiazole rings is 1. The molecule has 0 radical (unpaired) electrons. The van der Waals surface area contributed by atoms with Gasteiger partial charge in [-0.15, -0.1) is 11.3 Å². The monoisotopic (exact) mass is 314 g/mol. The van der Waals surface area contributed by atoms with E-state index in [1.807, 2.05) is 5.38 Å². The average molecular weight is 314 g/mol. The molecule has 2 aromatic heterocycles. The Labute approximate surface area is 122 Å². The number of hydrogen-bond acceptors (Lipinski definition) is 5. The van der Waals surface area contributed by atoms with Crippen molar-refractivity contribution in [2.45, 2.75) is 43.2 Å². The van der Waals surface area contributed by atoms with Crippen LogP contribution in [-0.2, 0) is 10.0 Å². The summed E-state index contributed by atoms with van der Waals surface area (Å²) in [6.45, 7) is 0. The highest BCUT2D eigenvalue weighted by Crippen LogP contribution is 2.27. The second-order valence-electron chi connectivity index (χ2n) is 5.03. The van der Waals surface area contributed by atoms with Crippen molar-refractivity contribution in [1.82, 2.24) is 14.1 Å². The van der Waals surface area contributed by atoms with Crippen molar-refractivity contribution < 1.29 is 8.42 Å². The Morgan fingerprint density at radius 1 is 1.35 bits per heavy atom. The molecule has 1 saturated carbocycles. The van der Waals surface area contributed by atoms with E-state index >= 15 is 0 Å². The van der Waals surface area contributed by atoms with Crippen LogP contribution in [-0.4, -0.2) is 30.9 Å². The first-order chi connectivity index (χ1) is 9.62. The van der Waals surface area contributed by atoms with Gasteiger partial charge in [-0.2, -0.15) is 0 Å². The average Bonchev–Trinajstić information content (AvgIpc) is 2.98. The maximum absolute atomic E-state index is 12.6. The zero-order valence-corrected chi connectivity index (χ0v) is 12.9. The predicted molar refractivity (Wildman–Crippen MR) is 79.8 cm³/mol. The summed E-state index contributed by atoms with van der Waals surface area (Å²) >= 11 is 1.42. The summed E-state index contributed by atoms with van der Waals surface area (Å²) < 4.78 is 29.7. The van der Waals surface area contributed by atoms with Crippen molar-refractivity contribution in [3.05, 3.63) is 11.6 Å². The first-order valence-corrected chi connectivity index (χ1v) is 9.14. The molecule has 2 N–H and O–H groups in total. The lowest BCUT2D eigenvalue weighted by Crippen LogP contribution is -2.36. The number of fused-ring (bicyclic) bond motifs is 1. The van der Waals surface area contributed by atoms with E-state index in [0.29, 0.717) is 10.8 Å². The van der Waals surface area contributed by atoms with E-state index in [1.54, 1.807) is 17.6 Å². The zero-order chi connectivity index (χ0) is 14.2. The maximum atomic E-state index is 12.6. The van der Waals surface area contributed by atoms with E-state index in [2.05, 4.69) is 15.0 Å². The first-order valence-electron chi connectivity index (χ1n) is 6.77. The summed E-state index contributed by atoms with van der Waals surface area (Å²) in [5.41, 5.74) is 0. The van der Waals surface area contributed by atoms with Gasteiger partial charge >= 0.3 is 0 Å². The molecule has 0 saturated heterocycles. The molecule has 0 spiro atoms. The summed E-state index contributed by atoms with van der Waals surface area (Å²) in [4.78, 5) is 4.98. The van der Waals surface area contributed by atoms with Crippen molar-refractivity contribution in [2.24, 2.45) is 0 Å². The molecule has 1 fully saturated rings. The van der Waals surface area contributed by atoms with Gasteiger partial charge in [0.1, 0.15) is 0 Å². The third kappa shape index (κ3) is 2.43. The van der Waals surface area contributed by atoms with Crippen LogP contribution in [0.4, 0.5) is 5.82 Å². The third-order valence-corrected chi connectivity index (χ3v) is 5.94. The summed E-state index contributed by atoms with van der Waals surface area (Å²) in [5, 5.41) is 4.91. The molecule has 1 aliphatic rings. The van der Waals surface area contributed by atoms with Crippen LogP contribution >= 0.6 is 11.3 Å². The Morgan fingerprint density at radius 3 is 2.80 bits per heavy atom. The number of sulfonamides is 1. The molecule has 2 aromatic rings. The van der Waals surface area contributed by atoms with Gasteiger partial charge in [0.25, 0.3) is 10.0 Å². The van der Waals surface area contributed by atoms with Crippen molar-refractivity contribution in [1.29, 1.82) is 0 Å². The van der Waals surface area contributed by atoms with Gasteiger partial charge in [-0.3, -0.25) is 4.40 Å². The van der Waals surface area contributed by atoms with Crippen molar-refractivity contribution >= 4 is 32.1 Å². The second kappa shape index (κ2) is 5.34. The summed E-state index contributed by atoms with van der Waals surface area (Å²) in [5.74, 6) is 0.403. The van der Waals surface area contributed by atoms with Crippen LogP contribution in [0.3, 0.4) is 0 Å². The highest BCUT2D eigenvalue weighted by molar-refractivity contribution is 7.89. The SMILES string of the molecule is CNc1nc2sccn2c1S(=O)(=O)NC1CCCCC1. The second-order valence-corrected chi connectivity index (χ2v) is 7.53. The van der Waals surface area contributed by atoms with Crippen LogP contribution in [0.25, 0.3) is 4.96 Å². The van der Waals surface area contributed by atoms with Gasteiger partial charge < -0.3 is 5.32 Å². The molecule has 8 heteroatoms. The first kappa shape index (κ1) is 13.8. The zero-order valence-electron chi connectivity index (χ0n) is 11.3. The smallest absolute Gasteiger partial charge is 0.260 e. The van der Waals surface area contributed by atoms with Gasteiger partial charge in [-0.05, 0) is 12.8 Å². The summed E-state index contributed by atoms with van der Waals surface area (Å²) in [6.07, 6.45) is 6.95. The van der Waals surface area contributed by atoms with Gasteiger partial charge in [-0.1, -0.05) is 19.3 Å². The molecule has 3 rings (SSSR count). The van der Waals surface area contributed by atoms with Crippen LogP contribution in [0.5, 0.6) is 0 Å². The molecule has 0 unspecified atom stereocenters. The van der Waals surface area contributed by atoms with Crippen molar-refractivity contribution in [3.8, 4) is 0 Å². The van der Waals surface area contributed by atoms with E-state index in [0.717, 1.165) is 25.7 Å². The number of rotatable bonds is 4. The molecule has 2 heterocycles. The molecule has 0 atom stereocenters. The molecule has 20 heavy (non-hydrogen) atoms. The predicted octanol–water partition coefficient (Wildman–Crippen LogP) is 2.05. The Kier molecular flexibility index (Phi) is 3.70. The fourth-order valence-electron chi connectivity index (χ4n) is 2.68. The van der Waals surface area contributed by atoms with E-state index in [1.165, 1.54) is 17.8 Å². The summed E-state index contributed by atoms with van der Waals surface area (Å²) in [6, 6.07) is 0.0441. The molecular formula is C12H18N4O2S2. The quantitative estimate of drug-likeness (QED) is 0.905. The molecular weight excluding hydrogens is 296 g/mol. The fraction of sp³-hybridized carbons (Fsp3) is 0.583. The third-order valence-electron chi connectivity index (χ3n) is 3.64. The number of hydrogen-bond donors (Lipinski definition) is 2. The van der Waals surface area contributed by atoms with E-state index < -0.39 is 10.0 Å².